The van der Waals surface area contributed by atoms with Crippen molar-refractivity contribution in [2.45, 2.75) is 44.2 Å². The van der Waals surface area contributed by atoms with Crippen LogP contribution in [0.1, 0.15) is 32.1 Å². The number of nitrogens with zero attached hydrogens (tertiary/aromatic N) is 2. The zero-order chi connectivity index (χ0) is 14.5. The molecule has 1 aliphatic carbocycles. The number of guanidine groups is 1. The van der Waals surface area contributed by atoms with Crippen LogP contribution in [0.2, 0.25) is 0 Å². The first-order chi connectivity index (χ1) is 8.75. The predicted molar refractivity (Wildman–Crippen MR) is 72.2 cm³/mol. The first-order valence-electron chi connectivity index (χ1n) is 6.28. The summed E-state index contributed by atoms with van der Waals surface area (Å²) in [7, 11) is -4.67. The molecule has 0 bridgehead atoms. The summed E-state index contributed by atoms with van der Waals surface area (Å²) >= 11 is 0. The summed E-state index contributed by atoms with van der Waals surface area (Å²) in [6.07, 6.45) is 6.95. The summed E-state index contributed by atoms with van der Waals surface area (Å²) in [5, 5.41) is 0. The van der Waals surface area contributed by atoms with Crippen molar-refractivity contribution in [2.75, 3.05) is 13.1 Å². The number of hydrogen-bond donors (Lipinski definition) is 4. The smallest absolute Gasteiger partial charge is 0.370 e. The van der Waals surface area contributed by atoms with Gasteiger partial charge < -0.3 is 11.5 Å². The van der Waals surface area contributed by atoms with E-state index in [2.05, 4.69) is 9.89 Å². The van der Waals surface area contributed by atoms with E-state index in [9.17, 15) is 0 Å². The molecule has 0 aromatic heterocycles. The number of hydrogen-bond acceptors (Lipinski definition) is 4. The van der Waals surface area contributed by atoms with Gasteiger partial charge >= 0.3 is 10.4 Å². The summed E-state index contributed by atoms with van der Waals surface area (Å²) < 4.78 is 31.6. The molecule has 0 radical (unpaired) electrons. The fourth-order valence-corrected chi connectivity index (χ4v) is 2.52. The van der Waals surface area contributed by atoms with E-state index in [1.165, 1.54) is 32.1 Å². The largest absolute Gasteiger partial charge is 0.394 e. The van der Waals surface area contributed by atoms with Crippen molar-refractivity contribution < 1.29 is 17.5 Å². The minimum Gasteiger partial charge on any atom is -0.370 e. The third-order valence-corrected chi connectivity index (χ3v) is 3.31. The van der Waals surface area contributed by atoms with Crippen LogP contribution in [0.25, 0.3) is 0 Å². The maximum atomic E-state index is 8.74. The summed E-state index contributed by atoms with van der Waals surface area (Å²) in [5.41, 5.74) is 10.7. The van der Waals surface area contributed by atoms with E-state index in [0.29, 0.717) is 6.04 Å². The van der Waals surface area contributed by atoms with Crippen molar-refractivity contribution in [3.05, 3.63) is 0 Å². The van der Waals surface area contributed by atoms with Gasteiger partial charge in [0.15, 0.2) is 5.96 Å². The molecule has 6 N–H and O–H groups in total. The summed E-state index contributed by atoms with van der Waals surface area (Å²) in [4.78, 5) is 6.68. The fraction of sp³-hybridized carbons (Fsp3) is 0.900. The van der Waals surface area contributed by atoms with E-state index in [1.807, 2.05) is 0 Å². The zero-order valence-corrected chi connectivity index (χ0v) is 11.6. The Morgan fingerprint density at radius 1 is 1.11 bits per heavy atom. The monoisotopic (exact) mass is 294 g/mol. The molecule has 2 aliphatic rings. The quantitative estimate of drug-likeness (QED) is 0.309. The van der Waals surface area contributed by atoms with E-state index in [-0.39, 0.29) is 5.96 Å². The molecule has 1 aliphatic heterocycles. The molecule has 0 aromatic rings. The first-order valence-corrected chi connectivity index (χ1v) is 7.68. The van der Waals surface area contributed by atoms with Gasteiger partial charge in [0.25, 0.3) is 0 Å². The molecular formula is C10H22N4O4S. The fourth-order valence-electron chi connectivity index (χ4n) is 2.52. The number of rotatable bonds is 2. The van der Waals surface area contributed by atoms with Gasteiger partial charge in [-0.3, -0.25) is 14.0 Å². The van der Waals surface area contributed by atoms with Crippen LogP contribution >= 0.6 is 0 Å². The van der Waals surface area contributed by atoms with Gasteiger partial charge in [0.2, 0.25) is 0 Å². The van der Waals surface area contributed by atoms with Crippen molar-refractivity contribution in [1.29, 1.82) is 0 Å². The molecule has 9 heteroatoms. The standard InChI is InChI=1S/C10H20N4.H2O4S/c11-10(12)13-8-6-14(7-8)9-4-2-1-3-5-9;1-5(2,3)4/h8-9H,1-7H2,(H4,11,12,13);(H2,1,2,3,4). The number of aliphatic imine (C=N–C) groups is 1. The van der Waals surface area contributed by atoms with E-state index in [4.69, 9.17) is 29.0 Å². The van der Waals surface area contributed by atoms with Crippen LogP contribution in [0.15, 0.2) is 4.99 Å². The molecule has 1 heterocycles. The minimum absolute atomic E-state index is 0.235. The lowest BCUT2D eigenvalue weighted by atomic mass is 9.91. The van der Waals surface area contributed by atoms with Crippen LogP contribution in [0, 0.1) is 0 Å². The van der Waals surface area contributed by atoms with Crippen molar-refractivity contribution in [3.63, 3.8) is 0 Å². The Labute approximate surface area is 113 Å². The molecule has 19 heavy (non-hydrogen) atoms. The first kappa shape index (κ1) is 16.2. The molecule has 112 valence electrons. The van der Waals surface area contributed by atoms with Gasteiger partial charge in [0.1, 0.15) is 0 Å². The highest BCUT2D eigenvalue weighted by atomic mass is 32.3. The number of likely N-dealkylation sites (tertiary alicyclic amines) is 1. The van der Waals surface area contributed by atoms with Crippen LogP contribution in [0.5, 0.6) is 0 Å². The Bertz CT molecular complexity index is 388. The third-order valence-electron chi connectivity index (χ3n) is 3.31. The maximum absolute atomic E-state index is 8.74. The van der Waals surface area contributed by atoms with Crippen molar-refractivity contribution >= 4 is 16.4 Å². The SMILES string of the molecule is NC(N)=NC1CN(C2CCCCC2)C1.O=S(=O)(O)O. The third kappa shape index (κ3) is 7.31. The van der Waals surface area contributed by atoms with Crippen LogP contribution in [0.3, 0.4) is 0 Å². The molecule has 0 spiro atoms. The summed E-state index contributed by atoms with van der Waals surface area (Å²) in [6, 6.07) is 1.18. The zero-order valence-electron chi connectivity index (χ0n) is 10.8. The second-order valence-corrected chi connectivity index (χ2v) is 5.80. The normalized spacial score (nSPS) is 22.0. The lowest BCUT2D eigenvalue weighted by Crippen LogP contribution is -2.55. The van der Waals surface area contributed by atoms with Crippen LogP contribution in [-0.2, 0) is 10.4 Å². The topological polar surface area (TPSA) is 142 Å². The molecule has 8 nitrogen and oxygen atoms in total. The molecule has 0 unspecified atom stereocenters. The molecule has 0 amide bonds. The van der Waals surface area contributed by atoms with E-state index >= 15 is 0 Å². The van der Waals surface area contributed by atoms with Gasteiger partial charge in [-0.2, -0.15) is 8.42 Å². The van der Waals surface area contributed by atoms with Crippen LogP contribution in [-0.4, -0.2) is 53.6 Å². The molecular weight excluding hydrogens is 272 g/mol. The second kappa shape index (κ2) is 7.04. The van der Waals surface area contributed by atoms with Crippen LogP contribution in [0.4, 0.5) is 0 Å². The Hall–Kier alpha value is -0.900. The Kier molecular flexibility index (Phi) is 5.98. The highest BCUT2D eigenvalue weighted by Crippen LogP contribution is 2.26. The van der Waals surface area contributed by atoms with Gasteiger partial charge in [-0.25, -0.2) is 4.99 Å². The van der Waals surface area contributed by atoms with Gasteiger partial charge in [0, 0.05) is 19.1 Å². The summed E-state index contributed by atoms with van der Waals surface area (Å²) in [6.45, 7) is 2.12. The van der Waals surface area contributed by atoms with E-state index in [1.54, 1.807) is 0 Å². The Morgan fingerprint density at radius 3 is 2.00 bits per heavy atom. The van der Waals surface area contributed by atoms with Crippen molar-refractivity contribution in [1.82, 2.24) is 4.90 Å². The van der Waals surface area contributed by atoms with Gasteiger partial charge in [-0.1, -0.05) is 19.3 Å². The Morgan fingerprint density at radius 2 is 1.58 bits per heavy atom. The van der Waals surface area contributed by atoms with Crippen molar-refractivity contribution in [3.8, 4) is 0 Å². The van der Waals surface area contributed by atoms with E-state index < -0.39 is 10.4 Å². The molecule has 1 saturated carbocycles. The minimum atomic E-state index is -4.67. The highest BCUT2D eigenvalue weighted by molar-refractivity contribution is 7.79. The molecule has 2 fully saturated rings. The molecule has 1 saturated heterocycles. The van der Waals surface area contributed by atoms with Gasteiger partial charge in [0.05, 0.1) is 6.04 Å². The van der Waals surface area contributed by atoms with E-state index in [0.717, 1.165) is 19.1 Å². The summed E-state index contributed by atoms with van der Waals surface area (Å²) in [5.74, 6) is 0.235. The molecule has 0 atom stereocenters. The highest BCUT2D eigenvalue weighted by Gasteiger charge is 2.32. The molecule has 2 rings (SSSR count). The molecule has 0 aromatic carbocycles. The average molecular weight is 294 g/mol. The van der Waals surface area contributed by atoms with Gasteiger partial charge in [-0.15, -0.1) is 0 Å². The van der Waals surface area contributed by atoms with Crippen molar-refractivity contribution in [2.24, 2.45) is 16.5 Å². The average Bonchev–Trinajstić information content (AvgIpc) is 2.21. The predicted octanol–water partition coefficient (Wildman–Crippen LogP) is -0.376. The Balaban J connectivity index is 0.000000312. The maximum Gasteiger partial charge on any atom is 0.394 e. The van der Waals surface area contributed by atoms with Crippen LogP contribution < -0.4 is 11.5 Å². The lowest BCUT2D eigenvalue weighted by Gasteiger charge is -2.44. The van der Waals surface area contributed by atoms with Gasteiger partial charge in [-0.05, 0) is 12.8 Å². The lowest BCUT2D eigenvalue weighted by molar-refractivity contribution is 0.0724. The second-order valence-electron chi connectivity index (χ2n) is 4.90. The number of nitrogens with two attached hydrogens (primary N) is 2.